The number of nitrogens with zero attached hydrogens (tertiary/aromatic N) is 3. The van der Waals surface area contributed by atoms with E-state index in [0.717, 1.165) is 23.9 Å². The molecule has 0 aliphatic heterocycles. The Kier molecular flexibility index (Phi) is 3.60. The molecule has 3 aromatic rings. The molecule has 1 aliphatic rings. The molecule has 24 heavy (non-hydrogen) atoms. The monoisotopic (exact) mass is 321 g/mol. The SMILES string of the molecule is N=C(c1cnc2[nH]ccc2c1)c1c(N)ncnc1NC1CCCC1. The molecule has 0 atom stereocenters. The summed E-state index contributed by atoms with van der Waals surface area (Å²) in [5, 5.41) is 13.0. The molecule has 5 N–H and O–H groups in total. The molecule has 1 aliphatic carbocycles. The Balaban J connectivity index is 1.72. The molecule has 122 valence electrons. The molecule has 0 saturated heterocycles. The van der Waals surface area contributed by atoms with Crippen molar-refractivity contribution in [3.8, 4) is 0 Å². The van der Waals surface area contributed by atoms with Gasteiger partial charge in [0.25, 0.3) is 0 Å². The van der Waals surface area contributed by atoms with Crippen LogP contribution in [-0.4, -0.2) is 31.7 Å². The van der Waals surface area contributed by atoms with E-state index in [1.54, 1.807) is 6.20 Å². The van der Waals surface area contributed by atoms with Crippen LogP contribution in [0.25, 0.3) is 11.0 Å². The van der Waals surface area contributed by atoms with Gasteiger partial charge in [0.1, 0.15) is 23.6 Å². The summed E-state index contributed by atoms with van der Waals surface area (Å²) >= 11 is 0. The van der Waals surface area contributed by atoms with Crippen molar-refractivity contribution in [3.63, 3.8) is 0 Å². The highest BCUT2D eigenvalue weighted by Crippen LogP contribution is 2.27. The zero-order valence-corrected chi connectivity index (χ0v) is 13.2. The van der Waals surface area contributed by atoms with Crippen molar-refractivity contribution in [2.24, 2.45) is 0 Å². The quantitative estimate of drug-likeness (QED) is 0.551. The normalized spacial score (nSPS) is 15.0. The van der Waals surface area contributed by atoms with E-state index in [2.05, 4.69) is 25.3 Å². The van der Waals surface area contributed by atoms with Crippen LogP contribution in [0.1, 0.15) is 36.8 Å². The van der Waals surface area contributed by atoms with E-state index in [-0.39, 0.29) is 5.71 Å². The summed E-state index contributed by atoms with van der Waals surface area (Å²) in [7, 11) is 0. The van der Waals surface area contributed by atoms with Crippen molar-refractivity contribution >= 4 is 28.4 Å². The lowest BCUT2D eigenvalue weighted by Crippen LogP contribution is -2.20. The molecule has 0 radical (unpaired) electrons. The van der Waals surface area contributed by atoms with Crippen LogP contribution in [0.15, 0.2) is 30.9 Å². The fourth-order valence-electron chi connectivity index (χ4n) is 3.24. The number of hydrogen-bond acceptors (Lipinski definition) is 6. The van der Waals surface area contributed by atoms with Gasteiger partial charge in [0.2, 0.25) is 0 Å². The summed E-state index contributed by atoms with van der Waals surface area (Å²) in [4.78, 5) is 15.8. The average molecular weight is 321 g/mol. The number of nitrogens with two attached hydrogens (primary N) is 1. The third-order valence-electron chi connectivity index (χ3n) is 4.51. The number of fused-ring (bicyclic) bond motifs is 1. The molecule has 3 heterocycles. The van der Waals surface area contributed by atoms with E-state index in [0.29, 0.717) is 28.8 Å². The van der Waals surface area contributed by atoms with Gasteiger partial charge < -0.3 is 16.0 Å². The van der Waals surface area contributed by atoms with Crippen molar-refractivity contribution in [3.05, 3.63) is 42.0 Å². The number of aromatic amines is 1. The van der Waals surface area contributed by atoms with E-state index in [9.17, 15) is 0 Å². The second kappa shape index (κ2) is 5.92. The third kappa shape index (κ3) is 2.58. The minimum atomic E-state index is 0.282. The maximum absolute atomic E-state index is 8.60. The van der Waals surface area contributed by atoms with Gasteiger partial charge in [0, 0.05) is 29.4 Å². The van der Waals surface area contributed by atoms with Gasteiger partial charge >= 0.3 is 0 Å². The molecule has 0 bridgehead atoms. The minimum Gasteiger partial charge on any atom is -0.383 e. The number of nitrogen functional groups attached to an aromatic ring is 1. The van der Waals surface area contributed by atoms with Crippen molar-refractivity contribution in [1.82, 2.24) is 19.9 Å². The van der Waals surface area contributed by atoms with Gasteiger partial charge in [0.05, 0.1) is 11.3 Å². The highest BCUT2D eigenvalue weighted by molar-refractivity contribution is 6.16. The first-order valence-corrected chi connectivity index (χ1v) is 8.12. The van der Waals surface area contributed by atoms with Gasteiger partial charge in [-0.05, 0) is 25.0 Å². The van der Waals surface area contributed by atoms with Gasteiger partial charge in [-0.1, -0.05) is 12.8 Å². The van der Waals surface area contributed by atoms with Crippen LogP contribution in [0.4, 0.5) is 11.6 Å². The van der Waals surface area contributed by atoms with Gasteiger partial charge in [-0.3, -0.25) is 5.41 Å². The molecule has 7 heteroatoms. The lowest BCUT2D eigenvalue weighted by Gasteiger charge is -2.17. The summed E-state index contributed by atoms with van der Waals surface area (Å²) in [6, 6.07) is 4.24. The fraction of sp³-hybridized carbons (Fsp3) is 0.294. The zero-order valence-electron chi connectivity index (χ0n) is 13.2. The van der Waals surface area contributed by atoms with Crippen LogP contribution in [0.3, 0.4) is 0 Å². The van der Waals surface area contributed by atoms with E-state index >= 15 is 0 Å². The lowest BCUT2D eigenvalue weighted by atomic mass is 10.0. The van der Waals surface area contributed by atoms with Crippen LogP contribution >= 0.6 is 0 Å². The first-order valence-electron chi connectivity index (χ1n) is 8.12. The second-order valence-electron chi connectivity index (χ2n) is 6.12. The van der Waals surface area contributed by atoms with Crippen LogP contribution in [0.5, 0.6) is 0 Å². The summed E-state index contributed by atoms with van der Waals surface area (Å²) < 4.78 is 0. The number of anilines is 2. The number of hydrogen-bond donors (Lipinski definition) is 4. The lowest BCUT2D eigenvalue weighted by molar-refractivity contribution is 0.749. The first-order chi connectivity index (χ1) is 11.7. The topological polar surface area (TPSA) is 116 Å². The Labute approximate surface area is 139 Å². The molecular weight excluding hydrogens is 302 g/mol. The molecule has 3 aromatic heterocycles. The number of rotatable bonds is 4. The largest absolute Gasteiger partial charge is 0.383 e. The van der Waals surface area contributed by atoms with E-state index < -0.39 is 0 Å². The molecule has 7 nitrogen and oxygen atoms in total. The standard InChI is InChI=1S/C17H19N7/c18-14(11-7-10-5-6-20-16(10)21-8-11)13-15(19)22-9-23-17(13)24-12-3-1-2-4-12/h5-9,12,18H,1-4H2,(H,20,21)(H3,19,22,23,24). The third-order valence-corrected chi connectivity index (χ3v) is 4.51. The molecule has 0 spiro atoms. The molecule has 1 saturated carbocycles. The van der Waals surface area contributed by atoms with Crippen molar-refractivity contribution in [1.29, 1.82) is 5.41 Å². The van der Waals surface area contributed by atoms with Crippen molar-refractivity contribution < 1.29 is 0 Å². The summed E-state index contributed by atoms with van der Waals surface area (Å²) in [5.41, 5.74) is 8.38. The first kappa shape index (κ1) is 14.6. The Morgan fingerprint density at radius 2 is 2.08 bits per heavy atom. The smallest absolute Gasteiger partial charge is 0.141 e. The fourth-order valence-corrected chi connectivity index (χ4v) is 3.24. The molecule has 0 aromatic carbocycles. The zero-order chi connectivity index (χ0) is 16.5. The van der Waals surface area contributed by atoms with E-state index in [1.165, 1.54) is 19.2 Å². The highest BCUT2D eigenvalue weighted by Gasteiger charge is 2.21. The number of nitrogens with one attached hydrogen (secondary N) is 3. The molecule has 4 rings (SSSR count). The highest BCUT2D eigenvalue weighted by atomic mass is 15.1. The van der Waals surface area contributed by atoms with Crippen molar-refractivity contribution in [2.45, 2.75) is 31.7 Å². The summed E-state index contributed by atoms with van der Waals surface area (Å²) in [6.45, 7) is 0. The Morgan fingerprint density at radius 1 is 1.25 bits per heavy atom. The van der Waals surface area contributed by atoms with Crippen LogP contribution in [0.2, 0.25) is 0 Å². The summed E-state index contributed by atoms with van der Waals surface area (Å²) in [5.74, 6) is 0.943. The van der Waals surface area contributed by atoms with Crippen molar-refractivity contribution in [2.75, 3.05) is 11.1 Å². The molecule has 0 unspecified atom stereocenters. The van der Waals surface area contributed by atoms with E-state index in [4.69, 9.17) is 11.1 Å². The number of pyridine rings is 1. The Hall–Kier alpha value is -2.96. The molecule has 1 fully saturated rings. The maximum Gasteiger partial charge on any atom is 0.141 e. The Morgan fingerprint density at radius 3 is 2.92 bits per heavy atom. The minimum absolute atomic E-state index is 0.282. The summed E-state index contributed by atoms with van der Waals surface area (Å²) in [6.07, 6.45) is 9.63. The number of aromatic nitrogens is 4. The van der Waals surface area contributed by atoms with Gasteiger partial charge in [-0.25, -0.2) is 15.0 Å². The van der Waals surface area contributed by atoms with Gasteiger partial charge in [-0.2, -0.15) is 0 Å². The van der Waals surface area contributed by atoms with Crippen LogP contribution in [0, 0.1) is 5.41 Å². The van der Waals surface area contributed by atoms with Crippen LogP contribution < -0.4 is 11.1 Å². The van der Waals surface area contributed by atoms with Gasteiger partial charge in [0.15, 0.2) is 0 Å². The second-order valence-corrected chi connectivity index (χ2v) is 6.12. The molecular formula is C17H19N7. The van der Waals surface area contributed by atoms with Gasteiger partial charge in [-0.15, -0.1) is 0 Å². The Bertz CT molecular complexity index is 893. The predicted molar refractivity (Wildman–Crippen MR) is 94.3 cm³/mol. The molecule has 0 amide bonds. The predicted octanol–water partition coefficient (Wildman–Crippen LogP) is 2.71. The van der Waals surface area contributed by atoms with Crippen LogP contribution in [-0.2, 0) is 0 Å². The van der Waals surface area contributed by atoms with E-state index in [1.807, 2.05) is 18.3 Å². The maximum atomic E-state index is 8.60. The number of H-pyrrole nitrogens is 1. The average Bonchev–Trinajstić information content (AvgIpc) is 3.25.